The molecule has 29 heavy (non-hydrogen) atoms. The first-order valence-electron chi connectivity index (χ1n) is 9.55. The molecule has 3 rings (SSSR count). The van der Waals surface area contributed by atoms with Gasteiger partial charge in [0.05, 0.1) is 17.6 Å². The normalized spacial score (nSPS) is 12.7. The summed E-state index contributed by atoms with van der Waals surface area (Å²) < 4.78 is 5.98. The van der Waals surface area contributed by atoms with Crippen LogP contribution in [0.15, 0.2) is 40.9 Å². The number of carbonyl (C=O) groups is 1. The third-order valence-electron chi connectivity index (χ3n) is 4.66. The summed E-state index contributed by atoms with van der Waals surface area (Å²) in [6.45, 7) is 4.32. The van der Waals surface area contributed by atoms with Gasteiger partial charge in [-0.3, -0.25) is 9.78 Å². The van der Waals surface area contributed by atoms with Gasteiger partial charge in [-0.15, -0.1) is 0 Å². The lowest BCUT2D eigenvalue weighted by Crippen LogP contribution is -2.32. The predicted octanol–water partition coefficient (Wildman–Crippen LogP) is 4.30. The molecule has 6 nitrogen and oxygen atoms in total. The maximum Gasteiger partial charge on any atom is 0.223 e. The van der Waals surface area contributed by atoms with E-state index in [0.717, 1.165) is 5.76 Å². The maximum absolute atomic E-state index is 12.4. The summed E-state index contributed by atoms with van der Waals surface area (Å²) >= 11 is 6.41. The van der Waals surface area contributed by atoms with E-state index in [9.17, 15) is 9.90 Å². The van der Waals surface area contributed by atoms with Crippen LogP contribution in [0, 0.1) is 5.92 Å². The van der Waals surface area contributed by atoms with Crippen molar-refractivity contribution in [2.45, 2.75) is 32.9 Å². The number of hydrogen-bond acceptors (Lipinski definition) is 5. The molecule has 0 saturated carbocycles. The second kappa shape index (κ2) is 8.84. The Morgan fingerprint density at radius 3 is 2.76 bits per heavy atom. The zero-order chi connectivity index (χ0) is 21.1. The molecule has 0 aliphatic carbocycles. The lowest BCUT2D eigenvalue weighted by atomic mass is 10.00. The van der Waals surface area contributed by atoms with E-state index in [1.165, 1.54) is 0 Å². The number of aromatic hydroxyl groups is 1. The Hall–Kier alpha value is -2.57. The molecule has 0 fully saturated rings. The van der Waals surface area contributed by atoms with Crippen LogP contribution in [0.3, 0.4) is 0 Å². The molecule has 1 aromatic carbocycles. The highest BCUT2D eigenvalue weighted by Gasteiger charge is 2.23. The van der Waals surface area contributed by atoms with Gasteiger partial charge < -0.3 is 19.7 Å². The van der Waals surface area contributed by atoms with Crippen molar-refractivity contribution in [1.29, 1.82) is 0 Å². The Kier molecular flexibility index (Phi) is 6.45. The molecule has 2 heterocycles. The Balaban J connectivity index is 1.97. The first kappa shape index (κ1) is 21.1. The van der Waals surface area contributed by atoms with Gasteiger partial charge in [-0.1, -0.05) is 25.4 Å². The first-order valence-corrected chi connectivity index (χ1v) is 9.92. The number of furan rings is 1. The van der Waals surface area contributed by atoms with Crippen molar-refractivity contribution in [2.75, 3.05) is 14.1 Å². The van der Waals surface area contributed by atoms with Crippen LogP contribution in [0.4, 0.5) is 0 Å². The molecule has 154 valence electrons. The minimum atomic E-state index is -0.441. The smallest absolute Gasteiger partial charge is 0.223 e. The van der Waals surface area contributed by atoms with Crippen LogP contribution in [0.2, 0.25) is 5.02 Å². The molecule has 1 amide bonds. The second-order valence-corrected chi connectivity index (χ2v) is 8.13. The number of rotatable bonds is 7. The maximum atomic E-state index is 12.4. The number of amides is 1. The number of phenolic OH excluding ortho intramolecular Hbond substituents is 1. The molecule has 0 bridgehead atoms. The third kappa shape index (κ3) is 4.89. The van der Waals surface area contributed by atoms with Gasteiger partial charge in [0.25, 0.3) is 0 Å². The standard InChI is InChI=1S/C22H26ClN3O3/c1-13(2)22(28)25-18(19-8-7-15(29-19)12-26(3)4)11-14-10-17(23)16-6-5-9-24-20(16)21(14)27/h5-10,13,18,27H,11-12H2,1-4H3,(H,25,28). The summed E-state index contributed by atoms with van der Waals surface area (Å²) in [5.74, 6) is 1.23. The molecule has 1 unspecified atom stereocenters. The number of nitrogens with one attached hydrogen (secondary N) is 1. The van der Waals surface area contributed by atoms with Gasteiger partial charge in [0.1, 0.15) is 22.8 Å². The molecule has 2 aromatic heterocycles. The molecular weight excluding hydrogens is 390 g/mol. The van der Waals surface area contributed by atoms with Crippen LogP contribution in [-0.4, -0.2) is 35.0 Å². The first-order chi connectivity index (χ1) is 13.8. The number of hydrogen-bond donors (Lipinski definition) is 2. The minimum Gasteiger partial charge on any atom is -0.505 e. The Morgan fingerprint density at radius 2 is 2.07 bits per heavy atom. The summed E-state index contributed by atoms with van der Waals surface area (Å²) in [6, 6.07) is 8.63. The average Bonchev–Trinajstić information content (AvgIpc) is 3.12. The summed E-state index contributed by atoms with van der Waals surface area (Å²) in [5, 5.41) is 15.0. The van der Waals surface area contributed by atoms with Gasteiger partial charge in [-0.2, -0.15) is 0 Å². The van der Waals surface area contributed by atoms with E-state index in [2.05, 4.69) is 10.3 Å². The SMILES string of the molecule is CC(C)C(=O)NC(Cc1cc(Cl)c2cccnc2c1O)c1ccc(CN(C)C)o1. The number of fused-ring (bicyclic) bond motifs is 1. The van der Waals surface area contributed by atoms with Crippen LogP contribution in [0.1, 0.15) is 37.0 Å². The van der Waals surface area contributed by atoms with E-state index in [1.54, 1.807) is 18.3 Å². The van der Waals surface area contributed by atoms with Crippen molar-refractivity contribution in [3.63, 3.8) is 0 Å². The minimum absolute atomic E-state index is 0.0638. The molecule has 0 radical (unpaired) electrons. The summed E-state index contributed by atoms with van der Waals surface area (Å²) in [7, 11) is 3.92. The van der Waals surface area contributed by atoms with Gasteiger partial charge in [-0.25, -0.2) is 0 Å². The lowest BCUT2D eigenvalue weighted by molar-refractivity contribution is -0.124. The number of benzene rings is 1. The molecule has 0 aliphatic rings. The fourth-order valence-corrected chi connectivity index (χ4v) is 3.44. The van der Waals surface area contributed by atoms with Crippen LogP contribution in [-0.2, 0) is 17.8 Å². The number of nitrogens with zero attached hydrogens (tertiary/aromatic N) is 2. The Bertz CT molecular complexity index is 1010. The monoisotopic (exact) mass is 415 g/mol. The Morgan fingerprint density at radius 1 is 1.31 bits per heavy atom. The van der Waals surface area contributed by atoms with Crippen molar-refractivity contribution in [3.8, 4) is 5.75 Å². The highest BCUT2D eigenvalue weighted by Crippen LogP contribution is 2.35. The Labute approximate surface area is 175 Å². The van der Waals surface area contributed by atoms with Crippen LogP contribution in [0.5, 0.6) is 5.75 Å². The van der Waals surface area contributed by atoms with E-state index in [4.69, 9.17) is 16.0 Å². The third-order valence-corrected chi connectivity index (χ3v) is 4.97. The highest BCUT2D eigenvalue weighted by molar-refractivity contribution is 6.35. The van der Waals surface area contributed by atoms with Gasteiger partial charge in [0, 0.05) is 29.5 Å². The topological polar surface area (TPSA) is 78.6 Å². The van der Waals surface area contributed by atoms with E-state index in [1.807, 2.05) is 51.0 Å². The van der Waals surface area contributed by atoms with Gasteiger partial charge >= 0.3 is 0 Å². The van der Waals surface area contributed by atoms with E-state index < -0.39 is 6.04 Å². The van der Waals surface area contributed by atoms with Gasteiger partial charge in [0.2, 0.25) is 5.91 Å². The highest BCUT2D eigenvalue weighted by atomic mass is 35.5. The fourth-order valence-electron chi connectivity index (χ4n) is 3.15. The lowest BCUT2D eigenvalue weighted by Gasteiger charge is -2.20. The van der Waals surface area contributed by atoms with E-state index in [0.29, 0.717) is 40.2 Å². The number of halogens is 1. The van der Waals surface area contributed by atoms with Gasteiger partial charge in [0.15, 0.2) is 0 Å². The van der Waals surface area contributed by atoms with Crippen molar-refractivity contribution < 1.29 is 14.3 Å². The number of carbonyl (C=O) groups excluding carboxylic acids is 1. The zero-order valence-electron chi connectivity index (χ0n) is 17.1. The molecular formula is C22H26ClN3O3. The van der Waals surface area contributed by atoms with Crippen molar-refractivity contribution >= 4 is 28.4 Å². The van der Waals surface area contributed by atoms with Crippen molar-refractivity contribution in [3.05, 3.63) is 58.6 Å². The fraction of sp³-hybridized carbons (Fsp3) is 0.364. The molecule has 7 heteroatoms. The zero-order valence-corrected chi connectivity index (χ0v) is 17.8. The van der Waals surface area contributed by atoms with Crippen molar-refractivity contribution in [1.82, 2.24) is 15.2 Å². The average molecular weight is 416 g/mol. The molecule has 2 N–H and O–H groups in total. The quantitative estimate of drug-likeness (QED) is 0.601. The van der Waals surface area contributed by atoms with Crippen LogP contribution < -0.4 is 5.32 Å². The van der Waals surface area contributed by atoms with Gasteiger partial charge in [-0.05, 0) is 44.4 Å². The molecule has 0 aliphatic heterocycles. The second-order valence-electron chi connectivity index (χ2n) is 7.73. The van der Waals surface area contributed by atoms with Crippen LogP contribution in [0.25, 0.3) is 10.9 Å². The molecule has 0 spiro atoms. The van der Waals surface area contributed by atoms with E-state index in [-0.39, 0.29) is 17.6 Å². The summed E-state index contributed by atoms with van der Waals surface area (Å²) in [6.07, 6.45) is 1.94. The largest absolute Gasteiger partial charge is 0.505 e. The number of aromatic nitrogens is 1. The molecule has 3 aromatic rings. The molecule has 0 saturated heterocycles. The predicted molar refractivity (Wildman–Crippen MR) is 114 cm³/mol. The summed E-state index contributed by atoms with van der Waals surface area (Å²) in [5.41, 5.74) is 1.04. The number of pyridine rings is 1. The summed E-state index contributed by atoms with van der Waals surface area (Å²) in [4.78, 5) is 18.7. The molecule has 1 atom stereocenters. The van der Waals surface area contributed by atoms with Crippen LogP contribution >= 0.6 is 11.6 Å². The van der Waals surface area contributed by atoms with E-state index >= 15 is 0 Å². The van der Waals surface area contributed by atoms with Crippen molar-refractivity contribution in [2.24, 2.45) is 5.92 Å². The number of phenols is 1.